The van der Waals surface area contributed by atoms with Gasteiger partial charge in [-0.25, -0.2) is 4.79 Å². The molecule has 3 rings (SSSR count). The normalized spacial score (nSPS) is 10.6. The summed E-state index contributed by atoms with van der Waals surface area (Å²) in [4.78, 5) is 14.6. The van der Waals surface area contributed by atoms with Crippen LogP contribution in [0.5, 0.6) is 17.2 Å². The Morgan fingerprint density at radius 2 is 1.58 bits per heavy atom. The molecule has 2 N–H and O–H groups in total. The molecule has 0 atom stereocenters. The van der Waals surface area contributed by atoms with E-state index in [-0.39, 0.29) is 5.69 Å². The second kappa shape index (κ2) is 6.16. The Labute approximate surface area is 138 Å². The van der Waals surface area contributed by atoms with Crippen molar-refractivity contribution in [3.8, 4) is 28.4 Å². The van der Waals surface area contributed by atoms with Crippen LogP contribution in [0, 0.1) is 0 Å². The number of nitrogens with one attached hydrogen (secondary N) is 1. The van der Waals surface area contributed by atoms with Gasteiger partial charge in [0.25, 0.3) is 0 Å². The molecule has 24 heavy (non-hydrogen) atoms. The van der Waals surface area contributed by atoms with Crippen LogP contribution in [0.1, 0.15) is 10.5 Å². The number of fused-ring (bicyclic) bond motifs is 1. The second-order valence-electron chi connectivity index (χ2n) is 5.16. The predicted octanol–water partition coefficient (Wildman–Crippen LogP) is 3.56. The minimum absolute atomic E-state index is 0.116. The molecule has 0 aliphatic rings. The number of hydrogen-bond donors (Lipinski definition) is 2. The van der Waals surface area contributed by atoms with E-state index in [1.165, 1.54) is 7.11 Å². The van der Waals surface area contributed by atoms with Crippen LogP contribution in [0.15, 0.2) is 36.4 Å². The van der Waals surface area contributed by atoms with Gasteiger partial charge in [0.15, 0.2) is 11.5 Å². The van der Waals surface area contributed by atoms with E-state index < -0.39 is 5.97 Å². The number of methoxy groups -OCH3 is 3. The van der Waals surface area contributed by atoms with Crippen molar-refractivity contribution in [2.75, 3.05) is 21.3 Å². The number of rotatable bonds is 5. The highest BCUT2D eigenvalue weighted by atomic mass is 16.5. The van der Waals surface area contributed by atoms with Crippen LogP contribution in [-0.4, -0.2) is 37.4 Å². The largest absolute Gasteiger partial charge is 0.497 e. The zero-order valence-corrected chi connectivity index (χ0v) is 13.5. The lowest BCUT2D eigenvalue weighted by Gasteiger charge is -2.08. The number of aromatic nitrogens is 1. The summed E-state index contributed by atoms with van der Waals surface area (Å²) < 4.78 is 15.8. The maximum absolute atomic E-state index is 11.7. The highest BCUT2D eigenvalue weighted by Crippen LogP contribution is 2.39. The first-order chi connectivity index (χ1) is 11.6. The molecule has 3 aromatic rings. The van der Waals surface area contributed by atoms with Crippen molar-refractivity contribution in [3.63, 3.8) is 0 Å². The van der Waals surface area contributed by atoms with Gasteiger partial charge < -0.3 is 24.3 Å². The van der Waals surface area contributed by atoms with Gasteiger partial charge in [-0.15, -0.1) is 0 Å². The van der Waals surface area contributed by atoms with Crippen LogP contribution >= 0.6 is 0 Å². The third-order valence-electron chi connectivity index (χ3n) is 3.90. The topological polar surface area (TPSA) is 80.8 Å². The van der Waals surface area contributed by atoms with Gasteiger partial charge in [0.05, 0.1) is 26.8 Å². The van der Waals surface area contributed by atoms with Crippen molar-refractivity contribution in [2.45, 2.75) is 0 Å². The fourth-order valence-corrected chi connectivity index (χ4v) is 2.74. The third kappa shape index (κ3) is 2.52. The van der Waals surface area contributed by atoms with Crippen molar-refractivity contribution in [3.05, 3.63) is 42.1 Å². The number of benzene rings is 2. The lowest BCUT2D eigenvalue weighted by Crippen LogP contribution is -1.98. The van der Waals surface area contributed by atoms with E-state index >= 15 is 0 Å². The monoisotopic (exact) mass is 327 g/mol. The van der Waals surface area contributed by atoms with E-state index in [1.807, 2.05) is 12.1 Å². The van der Waals surface area contributed by atoms with Crippen LogP contribution in [0.2, 0.25) is 0 Å². The number of hydrogen-bond acceptors (Lipinski definition) is 4. The minimum Gasteiger partial charge on any atom is -0.497 e. The highest BCUT2D eigenvalue weighted by Gasteiger charge is 2.20. The summed E-state index contributed by atoms with van der Waals surface area (Å²) in [6.07, 6.45) is 0. The molecular formula is C18H17NO5. The van der Waals surface area contributed by atoms with Crippen molar-refractivity contribution >= 4 is 16.9 Å². The molecule has 0 saturated carbocycles. The second-order valence-corrected chi connectivity index (χ2v) is 5.16. The van der Waals surface area contributed by atoms with Crippen molar-refractivity contribution in [1.82, 2.24) is 4.98 Å². The fraction of sp³-hybridized carbons (Fsp3) is 0.167. The molecule has 124 valence electrons. The summed E-state index contributed by atoms with van der Waals surface area (Å²) in [5.41, 5.74) is 2.15. The van der Waals surface area contributed by atoms with Gasteiger partial charge in [-0.1, -0.05) is 12.1 Å². The Morgan fingerprint density at radius 1 is 0.958 bits per heavy atom. The first kappa shape index (κ1) is 15.7. The van der Waals surface area contributed by atoms with Crippen LogP contribution < -0.4 is 14.2 Å². The Bertz CT molecular complexity index is 896. The van der Waals surface area contributed by atoms with Crippen molar-refractivity contribution in [2.24, 2.45) is 0 Å². The van der Waals surface area contributed by atoms with E-state index in [0.29, 0.717) is 28.3 Å². The molecule has 0 unspecified atom stereocenters. The Hall–Kier alpha value is -3.15. The van der Waals surface area contributed by atoms with Crippen LogP contribution in [-0.2, 0) is 0 Å². The quantitative estimate of drug-likeness (QED) is 0.749. The standard InChI is InChI=1S/C18H17NO5/c1-22-11-6-4-10(5-7-11)16-12-8-14(23-2)15(24-3)9-13(12)19-17(16)18(20)21/h4-9,19H,1-3H3,(H,20,21). The number of aromatic amines is 1. The summed E-state index contributed by atoms with van der Waals surface area (Å²) >= 11 is 0. The SMILES string of the molecule is COc1ccc(-c2c(C(=O)O)[nH]c3cc(OC)c(OC)cc23)cc1. The third-order valence-corrected chi connectivity index (χ3v) is 3.90. The molecule has 0 aliphatic heterocycles. The maximum Gasteiger partial charge on any atom is 0.352 e. The molecule has 0 spiro atoms. The van der Waals surface area contributed by atoms with Gasteiger partial charge in [0.1, 0.15) is 11.4 Å². The molecule has 0 amide bonds. The Kier molecular flexibility index (Phi) is 4.04. The number of aromatic carboxylic acids is 1. The average molecular weight is 327 g/mol. The number of carboxylic acid groups (broad SMARTS) is 1. The van der Waals surface area contributed by atoms with E-state index in [4.69, 9.17) is 14.2 Å². The molecule has 2 aromatic carbocycles. The zero-order chi connectivity index (χ0) is 17.3. The zero-order valence-electron chi connectivity index (χ0n) is 13.5. The lowest BCUT2D eigenvalue weighted by atomic mass is 10.0. The summed E-state index contributed by atoms with van der Waals surface area (Å²) in [7, 11) is 4.66. The van der Waals surface area contributed by atoms with Gasteiger partial charge in [0.2, 0.25) is 0 Å². The smallest absolute Gasteiger partial charge is 0.352 e. The van der Waals surface area contributed by atoms with Gasteiger partial charge in [-0.2, -0.15) is 0 Å². The number of carbonyl (C=O) groups is 1. The van der Waals surface area contributed by atoms with Crippen LogP contribution in [0.25, 0.3) is 22.0 Å². The summed E-state index contributed by atoms with van der Waals surface area (Å²) in [5, 5.41) is 10.3. The molecule has 1 aromatic heterocycles. The molecule has 0 radical (unpaired) electrons. The molecule has 0 bridgehead atoms. The Morgan fingerprint density at radius 3 is 2.12 bits per heavy atom. The predicted molar refractivity (Wildman–Crippen MR) is 90.4 cm³/mol. The van der Waals surface area contributed by atoms with Crippen LogP contribution in [0.3, 0.4) is 0 Å². The number of H-pyrrole nitrogens is 1. The first-order valence-corrected chi connectivity index (χ1v) is 7.24. The molecular weight excluding hydrogens is 310 g/mol. The molecule has 0 aliphatic carbocycles. The van der Waals surface area contributed by atoms with Gasteiger partial charge >= 0.3 is 5.97 Å². The van der Waals surface area contributed by atoms with E-state index in [1.54, 1.807) is 38.5 Å². The molecule has 0 saturated heterocycles. The molecule has 6 nitrogen and oxygen atoms in total. The number of ether oxygens (including phenoxy) is 3. The minimum atomic E-state index is -1.03. The summed E-state index contributed by atoms with van der Waals surface area (Å²) in [6.45, 7) is 0. The first-order valence-electron chi connectivity index (χ1n) is 7.24. The fourth-order valence-electron chi connectivity index (χ4n) is 2.74. The van der Waals surface area contributed by atoms with Gasteiger partial charge in [-0.05, 0) is 23.8 Å². The van der Waals surface area contributed by atoms with Crippen molar-refractivity contribution < 1.29 is 24.1 Å². The average Bonchev–Trinajstić information content (AvgIpc) is 2.99. The number of carboxylic acids is 1. The summed E-state index contributed by atoms with van der Waals surface area (Å²) in [6, 6.07) is 10.7. The maximum atomic E-state index is 11.7. The molecule has 1 heterocycles. The van der Waals surface area contributed by atoms with E-state index in [9.17, 15) is 9.90 Å². The van der Waals surface area contributed by atoms with Crippen LogP contribution in [0.4, 0.5) is 0 Å². The van der Waals surface area contributed by atoms with Gasteiger partial charge in [0, 0.05) is 17.0 Å². The highest BCUT2D eigenvalue weighted by molar-refractivity contribution is 6.08. The lowest BCUT2D eigenvalue weighted by molar-refractivity contribution is 0.0692. The van der Waals surface area contributed by atoms with Crippen molar-refractivity contribution in [1.29, 1.82) is 0 Å². The molecule has 6 heteroatoms. The Balaban J connectivity index is 2.30. The molecule has 0 fully saturated rings. The van der Waals surface area contributed by atoms with Gasteiger partial charge in [-0.3, -0.25) is 0 Å². The van der Waals surface area contributed by atoms with E-state index in [0.717, 1.165) is 10.9 Å². The summed E-state index contributed by atoms with van der Waals surface area (Å²) in [5.74, 6) is 0.741. The van der Waals surface area contributed by atoms with E-state index in [2.05, 4.69) is 4.98 Å².